The van der Waals surface area contributed by atoms with Gasteiger partial charge in [0.05, 0.1) is 18.7 Å². The molecule has 3 aromatic carbocycles. The minimum atomic E-state index is 0.167. The normalized spacial score (nSPS) is 12.2. The van der Waals surface area contributed by atoms with Gasteiger partial charge in [0.25, 0.3) is 0 Å². The van der Waals surface area contributed by atoms with Crippen molar-refractivity contribution < 1.29 is 14.6 Å². The number of fused-ring (bicyclic) bond motifs is 2. The maximum atomic E-state index is 9.91. The molecule has 1 aromatic heterocycles. The molecular formula is C25H22N4O3. The molecule has 0 bridgehead atoms. The van der Waals surface area contributed by atoms with Gasteiger partial charge in [-0.25, -0.2) is 9.97 Å². The molecule has 2 heterocycles. The average molecular weight is 426 g/mol. The van der Waals surface area contributed by atoms with Crippen molar-refractivity contribution in [2.24, 2.45) is 4.99 Å². The van der Waals surface area contributed by atoms with E-state index in [1.807, 2.05) is 36.5 Å². The van der Waals surface area contributed by atoms with Crippen LogP contribution < -0.4 is 10.1 Å². The summed E-state index contributed by atoms with van der Waals surface area (Å²) >= 11 is 0. The van der Waals surface area contributed by atoms with Gasteiger partial charge in [-0.1, -0.05) is 18.2 Å². The molecule has 0 saturated carbocycles. The number of hydrogen-bond acceptors (Lipinski definition) is 7. The van der Waals surface area contributed by atoms with Crippen LogP contribution in [0.2, 0.25) is 0 Å². The maximum Gasteiger partial charge on any atom is 0.162 e. The highest BCUT2D eigenvalue weighted by molar-refractivity contribution is 5.94. The molecule has 0 fully saturated rings. The lowest BCUT2D eigenvalue weighted by molar-refractivity contribution is 0.146. The van der Waals surface area contributed by atoms with Gasteiger partial charge in [-0.3, -0.25) is 4.99 Å². The zero-order valence-corrected chi connectivity index (χ0v) is 17.6. The Labute approximate surface area is 185 Å². The van der Waals surface area contributed by atoms with Crippen LogP contribution in [-0.4, -0.2) is 41.6 Å². The Morgan fingerprint density at radius 3 is 2.81 bits per heavy atom. The van der Waals surface area contributed by atoms with Gasteiger partial charge in [0.15, 0.2) is 5.82 Å². The number of nitrogens with zero attached hydrogens (tertiary/aromatic N) is 3. The van der Waals surface area contributed by atoms with Crippen molar-refractivity contribution in [1.29, 1.82) is 0 Å². The number of aliphatic imine (C=N–C) groups is 1. The standard InChI is InChI=1S/C25H22N4O3/c1-31-9-10-32-21-7-8-23-22(13-21)25(27-19-6-5-17-14-26-15-18(17)11-19)29-24(28-23)16-3-2-4-20(30)12-16/h2-8,11-13,15,30H,9-10,14H2,1H3,(H,27,28,29). The number of ether oxygens (including phenoxy) is 2. The lowest BCUT2D eigenvalue weighted by atomic mass is 10.1. The summed E-state index contributed by atoms with van der Waals surface area (Å²) in [5.41, 5.74) is 4.71. The molecule has 1 aliphatic heterocycles. The number of aromatic nitrogens is 2. The second-order valence-electron chi connectivity index (χ2n) is 7.47. The van der Waals surface area contributed by atoms with E-state index in [2.05, 4.69) is 22.4 Å². The van der Waals surface area contributed by atoms with Crippen LogP contribution in [0.3, 0.4) is 0 Å². The van der Waals surface area contributed by atoms with Crippen LogP contribution in [0.4, 0.5) is 11.5 Å². The summed E-state index contributed by atoms with van der Waals surface area (Å²) < 4.78 is 10.9. The van der Waals surface area contributed by atoms with E-state index in [-0.39, 0.29) is 5.75 Å². The highest BCUT2D eigenvalue weighted by Crippen LogP contribution is 2.31. The molecule has 0 unspecified atom stereocenters. The predicted molar refractivity (Wildman–Crippen MR) is 125 cm³/mol. The second kappa shape index (κ2) is 8.64. The van der Waals surface area contributed by atoms with Gasteiger partial charge >= 0.3 is 0 Å². The predicted octanol–water partition coefficient (Wildman–Crippen LogP) is 4.70. The first-order valence-electron chi connectivity index (χ1n) is 10.3. The Morgan fingerprint density at radius 1 is 1.00 bits per heavy atom. The molecular weight excluding hydrogens is 404 g/mol. The number of anilines is 2. The Balaban J connectivity index is 1.59. The highest BCUT2D eigenvalue weighted by atomic mass is 16.5. The topological polar surface area (TPSA) is 88.9 Å². The fourth-order valence-corrected chi connectivity index (χ4v) is 3.63. The molecule has 0 saturated heterocycles. The van der Waals surface area contributed by atoms with Crippen LogP contribution in [0, 0.1) is 0 Å². The second-order valence-corrected chi connectivity index (χ2v) is 7.47. The van der Waals surface area contributed by atoms with Crippen molar-refractivity contribution in [1.82, 2.24) is 9.97 Å². The number of hydrogen-bond donors (Lipinski definition) is 2. The molecule has 7 heteroatoms. The molecule has 5 rings (SSSR count). The van der Waals surface area contributed by atoms with E-state index < -0.39 is 0 Å². The van der Waals surface area contributed by atoms with Crippen molar-refractivity contribution in [3.63, 3.8) is 0 Å². The summed E-state index contributed by atoms with van der Waals surface area (Å²) in [5.74, 6) is 2.06. The molecule has 0 amide bonds. The number of nitrogens with one attached hydrogen (secondary N) is 1. The van der Waals surface area contributed by atoms with E-state index in [1.165, 1.54) is 5.56 Å². The minimum absolute atomic E-state index is 0.167. The summed E-state index contributed by atoms with van der Waals surface area (Å²) in [4.78, 5) is 13.8. The number of benzene rings is 3. The summed E-state index contributed by atoms with van der Waals surface area (Å²) in [6, 6.07) is 18.8. The van der Waals surface area contributed by atoms with Gasteiger partial charge in [0, 0.05) is 30.0 Å². The zero-order chi connectivity index (χ0) is 21.9. The van der Waals surface area contributed by atoms with Crippen LogP contribution >= 0.6 is 0 Å². The van der Waals surface area contributed by atoms with Crippen LogP contribution in [0.15, 0.2) is 65.7 Å². The van der Waals surface area contributed by atoms with E-state index in [4.69, 9.17) is 19.4 Å². The van der Waals surface area contributed by atoms with Crippen molar-refractivity contribution in [3.8, 4) is 22.9 Å². The maximum absolute atomic E-state index is 9.91. The third kappa shape index (κ3) is 4.10. The quantitative estimate of drug-likeness (QED) is 0.416. The molecule has 4 aromatic rings. The van der Waals surface area contributed by atoms with Crippen molar-refractivity contribution in [2.45, 2.75) is 6.54 Å². The average Bonchev–Trinajstić information content (AvgIpc) is 3.27. The Bertz CT molecular complexity index is 1320. The Morgan fingerprint density at radius 2 is 1.94 bits per heavy atom. The third-order valence-corrected chi connectivity index (χ3v) is 5.23. The van der Waals surface area contributed by atoms with Crippen molar-refractivity contribution in [2.75, 3.05) is 25.6 Å². The van der Waals surface area contributed by atoms with Crippen LogP contribution in [0.1, 0.15) is 11.1 Å². The van der Waals surface area contributed by atoms with Crippen LogP contribution in [0.5, 0.6) is 11.5 Å². The fourth-order valence-electron chi connectivity index (χ4n) is 3.63. The van der Waals surface area contributed by atoms with E-state index in [1.54, 1.807) is 25.3 Å². The van der Waals surface area contributed by atoms with E-state index in [0.717, 1.165) is 34.3 Å². The molecule has 0 aliphatic carbocycles. The first-order valence-corrected chi connectivity index (χ1v) is 10.3. The fraction of sp³-hybridized carbons (Fsp3) is 0.160. The first-order chi connectivity index (χ1) is 15.7. The lowest BCUT2D eigenvalue weighted by Gasteiger charge is -2.13. The summed E-state index contributed by atoms with van der Waals surface area (Å²) in [6.45, 7) is 1.68. The monoisotopic (exact) mass is 426 g/mol. The SMILES string of the molecule is COCCOc1ccc2nc(-c3cccc(O)c3)nc(Nc3ccc4c(c3)C=NC4)c2c1. The van der Waals surface area contributed by atoms with E-state index in [0.29, 0.717) is 30.6 Å². The van der Waals surface area contributed by atoms with Crippen LogP contribution in [0.25, 0.3) is 22.3 Å². The number of phenols is 1. The number of methoxy groups -OCH3 is 1. The summed E-state index contributed by atoms with van der Waals surface area (Å²) in [7, 11) is 1.64. The van der Waals surface area contributed by atoms with Gasteiger partial charge in [-0.15, -0.1) is 0 Å². The first kappa shape index (κ1) is 20.0. The molecule has 1 aliphatic rings. The molecule has 2 N–H and O–H groups in total. The minimum Gasteiger partial charge on any atom is -0.508 e. The van der Waals surface area contributed by atoms with Gasteiger partial charge in [-0.2, -0.15) is 0 Å². The Kier molecular flexibility index (Phi) is 5.39. The van der Waals surface area contributed by atoms with Gasteiger partial charge < -0.3 is 19.9 Å². The van der Waals surface area contributed by atoms with Gasteiger partial charge in [0.2, 0.25) is 0 Å². The number of aromatic hydroxyl groups is 1. The molecule has 7 nitrogen and oxygen atoms in total. The van der Waals surface area contributed by atoms with E-state index >= 15 is 0 Å². The van der Waals surface area contributed by atoms with Crippen molar-refractivity contribution >= 4 is 28.6 Å². The molecule has 0 spiro atoms. The number of phenolic OH excluding ortho intramolecular Hbond substituents is 1. The zero-order valence-electron chi connectivity index (χ0n) is 17.6. The largest absolute Gasteiger partial charge is 0.508 e. The molecule has 160 valence electrons. The van der Waals surface area contributed by atoms with Gasteiger partial charge in [0.1, 0.15) is 23.9 Å². The smallest absolute Gasteiger partial charge is 0.162 e. The summed E-state index contributed by atoms with van der Waals surface area (Å²) in [6.07, 6.45) is 1.89. The van der Waals surface area contributed by atoms with Crippen LogP contribution in [-0.2, 0) is 11.3 Å². The van der Waals surface area contributed by atoms with E-state index in [9.17, 15) is 5.11 Å². The lowest BCUT2D eigenvalue weighted by Crippen LogP contribution is -2.05. The highest BCUT2D eigenvalue weighted by Gasteiger charge is 2.13. The van der Waals surface area contributed by atoms with Gasteiger partial charge in [-0.05, 0) is 53.6 Å². The third-order valence-electron chi connectivity index (χ3n) is 5.23. The molecule has 32 heavy (non-hydrogen) atoms. The van der Waals surface area contributed by atoms with Crippen molar-refractivity contribution in [3.05, 3.63) is 71.8 Å². The number of rotatable bonds is 7. The summed E-state index contributed by atoms with van der Waals surface area (Å²) in [5, 5.41) is 14.2. The molecule has 0 atom stereocenters. The molecule has 0 radical (unpaired) electrons. The Hall–Kier alpha value is -3.97.